The van der Waals surface area contributed by atoms with Crippen LogP contribution >= 0.6 is 0 Å². The normalized spacial score (nSPS) is 10.5. The maximum absolute atomic E-state index is 12.5. The fourth-order valence-corrected chi connectivity index (χ4v) is 2.38. The lowest BCUT2D eigenvalue weighted by molar-refractivity contribution is 0.0964. The van der Waals surface area contributed by atoms with Gasteiger partial charge in [0, 0.05) is 13.2 Å². The van der Waals surface area contributed by atoms with Crippen molar-refractivity contribution in [3.8, 4) is 0 Å². The van der Waals surface area contributed by atoms with Crippen LogP contribution in [0.4, 0.5) is 5.69 Å². The van der Waals surface area contributed by atoms with Gasteiger partial charge in [0.15, 0.2) is 0 Å². The van der Waals surface area contributed by atoms with Crippen molar-refractivity contribution in [2.45, 2.75) is 6.92 Å². The molecule has 116 valence electrons. The van der Waals surface area contributed by atoms with E-state index in [1.165, 1.54) is 6.20 Å². The SMILES string of the molecule is CNC(=O)c1cc(C)ccc1NC(=O)c1cnc2ccccn12. The first-order valence-electron chi connectivity index (χ1n) is 7.16. The lowest BCUT2D eigenvalue weighted by Crippen LogP contribution is -2.22. The highest BCUT2D eigenvalue weighted by Crippen LogP contribution is 2.19. The molecule has 0 aliphatic rings. The molecular weight excluding hydrogens is 292 g/mol. The van der Waals surface area contributed by atoms with Crippen molar-refractivity contribution in [1.29, 1.82) is 0 Å². The molecule has 3 rings (SSSR count). The van der Waals surface area contributed by atoms with Gasteiger partial charge in [-0.2, -0.15) is 0 Å². The molecule has 0 saturated heterocycles. The number of aromatic nitrogens is 2. The highest BCUT2D eigenvalue weighted by Gasteiger charge is 2.16. The second kappa shape index (κ2) is 5.92. The van der Waals surface area contributed by atoms with E-state index >= 15 is 0 Å². The minimum Gasteiger partial charge on any atom is -0.355 e. The average molecular weight is 308 g/mol. The number of hydrogen-bond acceptors (Lipinski definition) is 3. The Morgan fingerprint density at radius 2 is 1.96 bits per heavy atom. The number of nitrogens with zero attached hydrogens (tertiary/aromatic N) is 2. The molecule has 3 aromatic rings. The highest BCUT2D eigenvalue weighted by molar-refractivity contribution is 6.08. The third-order valence-corrected chi connectivity index (χ3v) is 3.54. The van der Waals surface area contributed by atoms with Gasteiger partial charge in [-0.25, -0.2) is 4.98 Å². The average Bonchev–Trinajstić information content (AvgIpc) is 3.00. The van der Waals surface area contributed by atoms with Gasteiger partial charge in [-0.3, -0.25) is 14.0 Å². The molecule has 0 unspecified atom stereocenters. The molecule has 1 aromatic carbocycles. The van der Waals surface area contributed by atoms with Gasteiger partial charge in [0.2, 0.25) is 0 Å². The van der Waals surface area contributed by atoms with Crippen LogP contribution in [0.5, 0.6) is 0 Å². The summed E-state index contributed by atoms with van der Waals surface area (Å²) in [4.78, 5) is 28.7. The van der Waals surface area contributed by atoms with E-state index < -0.39 is 0 Å². The van der Waals surface area contributed by atoms with Gasteiger partial charge in [-0.05, 0) is 31.2 Å². The first-order chi connectivity index (χ1) is 11.1. The maximum atomic E-state index is 12.5. The molecule has 0 aliphatic heterocycles. The third-order valence-electron chi connectivity index (χ3n) is 3.54. The molecule has 2 amide bonds. The molecule has 6 nitrogen and oxygen atoms in total. The summed E-state index contributed by atoms with van der Waals surface area (Å²) in [5, 5.41) is 5.37. The topological polar surface area (TPSA) is 75.5 Å². The van der Waals surface area contributed by atoms with E-state index in [9.17, 15) is 9.59 Å². The van der Waals surface area contributed by atoms with Crippen LogP contribution in [0, 0.1) is 6.92 Å². The number of pyridine rings is 1. The lowest BCUT2D eigenvalue weighted by atomic mass is 10.1. The van der Waals surface area contributed by atoms with Crippen LogP contribution in [-0.2, 0) is 0 Å². The van der Waals surface area contributed by atoms with Crippen LogP contribution in [0.25, 0.3) is 5.65 Å². The van der Waals surface area contributed by atoms with Crippen molar-refractivity contribution >= 4 is 23.1 Å². The zero-order chi connectivity index (χ0) is 16.4. The lowest BCUT2D eigenvalue weighted by Gasteiger charge is -2.11. The Labute approximate surface area is 133 Å². The fraction of sp³-hybridized carbons (Fsp3) is 0.118. The molecule has 0 saturated carbocycles. The zero-order valence-corrected chi connectivity index (χ0v) is 12.8. The summed E-state index contributed by atoms with van der Waals surface area (Å²) in [6, 6.07) is 10.8. The van der Waals surface area contributed by atoms with Crippen molar-refractivity contribution < 1.29 is 9.59 Å². The number of carbonyl (C=O) groups is 2. The molecule has 0 bridgehead atoms. The minimum atomic E-state index is -0.322. The quantitative estimate of drug-likeness (QED) is 0.779. The number of fused-ring (bicyclic) bond motifs is 1. The molecule has 0 atom stereocenters. The Kier molecular flexibility index (Phi) is 3.80. The Morgan fingerprint density at radius 1 is 1.13 bits per heavy atom. The van der Waals surface area contributed by atoms with Crippen molar-refractivity contribution in [3.63, 3.8) is 0 Å². The summed E-state index contributed by atoms with van der Waals surface area (Å²) < 4.78 is 1.70. The van der Waals surface area contributed by atoms with Crippen molar-refractivity contribution in [2.75, 3.05) is 12.4 Å². The Balaban J connectivity index is 1.96. The van der Waals surface area contributed by atoms with E-state index in [2.05, 4.69) is 15.6 Å². The summed E-state index contributed by atoms with van der Waals surface area (Å²) in [6.45, 7) is 1.89. The van der Waals surface area contributed by atoms with E-state index in [1.54, 1.807) is 29.8 Å². The smallest absolute Gasteiger partial charge is 0.274 e. The number of benzene rings is 1. The maximum Gasteiger partial charge on any atom is 0.274 e. The standard InChI is InChI=1S/C17H16N4O2/c1-11-6-7-13(12(9-11)16(22)18-2)20-17(23)14-10-19-15-5-3-4-8-21(14)15/h3-10H,1-2H3,(H,18,22)(H,20,23). The van der Waals surface area contributed by atoms with Crippen LogP contribution in [0.15, 0.2) is 48.8 Å². The monoisotopic (exact) mass is 308 g/mol. The van der Waals surface area contributed by atoms with Crippen LogP contribution in [0.1, 0.15) is 26.4 Å². The number of anilines is 1. The number of aryl methyl sites for hydroxylation is 1. The van der Waals surface area contributed by atoms with E-state index in [4.69, 9.17) is 0 Å². The molecule has 0 spiro atoms. The number of rotatable bonds is 3. The summed E-state index contributed by atoms with van der Waals surface area (Å²) in [5.74, 6) is -0.570. The van der Waals surface area contributed by atoms with Gasteiger partial charge in [0.25, 0.3) is 11.8 Å². The molecule has 0 fully saturated rings. The molecule has 6 heteroatoms. The highest BCUT2D eigenvalue weighted by atomic mass is 16.2. The van der Waals surface area contributed by atoms with E-state index in [-0.39, 0.29) is 11.8 Å². The van der Waals surface area contributed by atoms with E-state index in [0.717, 1.165) is 5.56 Å². The molecule has 0 aliphatic carbocycles. The zero-order valence-electron chi connectivity index (χ0n) is 12.8. The second-order valence-corrected chi connectivity index (χ2v) is 5.15. The fourth-order valence-electron chi connectivity index (χ4n) is 2.38. The summed E-state index contributed by atoms with van der Waals surface area (Å²) >= 11 is 0. The second-order valence-electron chi connectivity index (χ2n) is 5.15. The molecule has 23 heavy (non-hydrogen) atoms. The van der Waals surface area contributed by atoms with Gasteiger partial charge in [-0.1, -0.05) is 17.7 Å². The van der Waals surface area contributed by atoms with Gasteiger partial charge in [0.05, 0.1) is 17.4 Å². The van der Waals surface area contributed by atoms with Crippen molar-refractivity contribution in [2.24, 2.45) is 0 Å². The number of amides is 2. The van der Waals surface area contributed by atoms with E-state index in [0.29, 0.717) is 22.6 Å². The van der Waals surface area contributed by atoms with Crippen molar-refractivity contribution in [3.05, 3.63) is 65.6 Å². The van der Waals surface area contributed by atoms with Crippen LogP contribution in [-0.4, -0.2) is 28.2 Å². The molecule has 2 N–H and O–H groups in total. The predicted octanol–water partition coefficient (Wildman–Crippen LogP) is 2.25. The van der Waals surface area contributed by atoms with Crippen LogP contribution in [0.3, 0.4) is 0 Å². The summed E-state index contributed by atoms with van der Waals surface area (Å²) in [6.07, 6.45) is 3.28. The number of nitrogens with one attached hydrogen (secondary N) is 2. The first kappa shape index (κ1) is 14.8. The predicted molar refractivity (Wildman–Crippen MR) is 87.7 cm³/mol. The van der Waals surface area contributed by atoms with Crippen molar-refractivity contribution in [1.82, 2.24) is 14.7 Å². The Hall–Kier alpha value is -3.15. The number of imidazole rings is 1. The van der Waals surface area contributed by atoms with Crippen LogP contribution < -0.4 is 10.6 Å². The third kappa shape index (κ3) is 2.78. The van der Waals surface area contributed by atoms with Gasteiger partial charge < -0.3 is 10.6 Å². The van der Waals surface area contributed by atoms with Gasteiger partial charge in [0.1, 0.15) is 11.3 Å². The molecule has 2 aromatic heterocycles. The van der Waals surface area contributed by atoms with E-state index in [1.807, 2.05) is 31.2 Å². The first-order valence-corrected chi connectivity index (χ1v) is 7.16. The molecular formula is C17H16N4O2. The summed E-state index contributed by atoms with van der Waals surface area (Å²) in [7, 11) is 1.56. The van der Waals surface area contributed by atoms with Gasteiger partial charge >= 0.3 is 0 Å². The Bertz CT molecular complexity index is 898. The number of carbonyl (C=O) groups excluding carboxylic acids is 2. The summed E-state index contributed by atoms with van der Waals surface area (Å²) in [5.41, 5.74) is 2.93. The molecule has 0 radical (unpaired) electrons. The largest absolute Gasteiger partial charge is 0.355 e. The Morgan fingerprint density at radius 3 is 2.74 bits per heavy atom. The molecule has 2 heterocycles. The minimum absolute atomic E-state index is 0.248. The number of hydrogen-bond donors (Lipinski definition) is 2. The van der Waals surface area contributed by atoms with Gasteiger partial charge in [-0.15, -0.1) is 0 Å². The van der Waals surface area contributed by atoms with Crippen LogP contribution in [0.2, 0.25) is 0 Å².